The Labute approximate surface area is 130 Å². The van der Waals surface area contributed by atoms with Crippen LogP contribution in [0, 0.1) is 0 Å². The monoisotopic (exact) mass is 304 g/mol. The zero-order valence-electron chi connectivity index (χ0n) is 12.7. The van der Waals surface area contributed by atoms with Gasteiger partial charge in [-0.2, -0.15) is 5.10 Å². The Morgan fingerprint density at radius 1 is 1.48 bits per heavy atom. The molecule has 4 nitrogen and oxygen atoms in total. The summed E-state index contributed by atoms with van der Waals surface area (Å²) >= 11 is 1.88. The number of hydrogen-bond donors (Lipinski definition) is 2. The number of nitrogens with one attached hydrogen (secondary N) is 1. The smallest absolute Gasteiger partial charge is 0.0641 e. The van der Waals surface area contributed by atoms with Crippen LogP contribution in [0.1, 0.15) is 54.8 Å². The molecule has 0 aliphatic heterocycles. The second kappa shape index (κ2) is 6.30. The molecule has 114 valence electrons. The number of nitrogens with two attached hydrogens (primary N) is 1. The largest absolute Gasteiger partial charge is 0.271 e. The molecule has 2 aromatic rings. The van der Waals surface area contributed by atoms with Crippen molar-refractivity contribution in [2.75, 3.05) is 0 Å². The van der Waals surface area contributed by atoms with Gasteiger partial charge in [-0.05, 0) is 56.2 Å². The van der Waals surface area contributed by atoms with E-state index in [4.69, 9.17) is 5.84 Å². The lowest BCUT2D eigenvalue weighted by Gasteiger charge is -2.30. The van der Waals surface area contributed by atoms with Gasteiger partial charge in [0.1, 0.15) is 0 Å². The number of thiophene rings is 1. The number of nitrogens with zero attached hydrogens (tertiary/aromatic N) is 2. The zero-order valence-corrected chi connectivity index (χ0v) is 13.6. The van der Waals surface area contributed by atoms with Gasteiger partial charge in [-0.3, -0.25) is 16.0 Å². The second-order valence-electron chi connectivity index (χ2n) is 6.16. The maximum absolute atomic E-state index is 5.86. The van der Waals surface area contributed by atoms with Crippen molar-refractivity contribution in [1.82, 2.24) is 15.2 Å². The van der Waals surface area contributed by atoms with Gasteiger partial charge < -0.3 is 0 Å². The van der Waals surface area contributed by atoms with Crippen molar-refractivity contribution in [3.05, 3.63) is 39.8 Å². The third kappa shape index (κ3) is 3.05. The van der Waals surface area contributed by atoms with Crippen LogP contribution in [0.15, 0.2) is 23.7 Å². The van der Waals surface area contributed by atoms with Crippen LogP contribution in [0.4, 0.5) is 0 Å². The van der Waals surface area contributed by atoms with Gasteiger partial charge >= 0.3 is 0 Å². The summed E-state index contributed by atoms with van der Waals surface area (Å²) in [7, 11) is 0. The quantitative estimate of drug-likeness (QED) is 0.659. The molecule has 0 saturated carbocycles. The first-order valence-corrected chi connectivity index (χ1v) is 8.63. The minimum Gasteiger partial charge on any atom is -0.271 e. The molecule has 3 N–H and O–H groups in total. The minimum atomic E-state index is 0.258. The summed E-state index contributed by atoms with van der Waals surface area (Å²) in [5.74, 6) is 6.37. The molecule has 2 atom stereocenters. The number of aromatic nitrogens is 2. The summed E-state index contributed by atoms with van der Waals surface area (Å²) in [4.78, 5) is 1.54. The van der Waals surface area contributed by atoms with Gasteiger partial charge in [-0.25, -0.2) is 0 Å². The van der Waals surface area contributed by atoms with E-state index in [1.54, 1.807) is 4.88 Å². The molecule has 2 aromatic heterocycles. The van der Waals surface area contributed by atoms with E-state index in [-0.39, 0.29) is 6.04 Å². The van der Waals surface area contributed by atoms with Gasteiger partial charge in [-0.15, -0.1) is 11.3 Å². The van der Waals surface area contributed by atoms with Gasteiger partial charge in [0.25, 0.3) is 0 Å². The van der Waals surface area contributed by atoms with Crippen molar-refractivity contribution in [2.24, 2.45) is 5.84 Å². The number of hydrazine groups is 1. The highest BCUT2D eigenvalue weighted by Gasteiger charge is 2.28. The molecule has 2 heterocycles. The Morgan fingerprint density at radius 2 is 2.33 bits per heavy atom. The van der Waals surface area contributed by atoms with E-state index in [1.165, 1.54) is 24.8 Å². The standard InChI is InChI=1S/C16H24N4S/c1-11(2)20-8-6-12(19-20)10-15(18-17)13-4-3-5-16-14(13)7-9-21-16/h6-9,11,13,15,18H,3-5,10,17H2,1-2H3. The molecule has 21 heavy (non-hydrogen) atoms. The second-order valence-corrected chi connectivity index (χ2v) is 7.16. The first-order valence-electron chi connectivity index (χ1n) is 7.75. The van der Waals surface area contributed by atoms with Gasteiger partial charge in [0.2, 0.25) is 0 Å². The van der Waals surface area contributed by atoms with Gasteiger partial charge in [0, 0.05) is 35.5 Å². The highest BCUT2D eigenvalue weighted by molar-refractivity contribution is 7.10. The summed E-state index contributed by atoms with van der Waals surface area (Å²) in [6.45, 7) is 4.29. The van der Waals surface area contributed by atoms with Crippen LogP contribution in [0.2, 0.25) is 0 Å². The van der Waals surface area contributed by atoms with E-state index < -0.39 is 0 Å². The van der Waals surface area contributed by atoms with E-state index in [0.29, 0.717) is 12.0 Å². The van der Waals surface area contributed by atoms with Gasteiger partial charge in [0.05, 0.1) is 5.69 Å². The van der Waals surface area contributed by atoms with Crippen LogP contribution in [-0.4, -0.2) is 15.8 Å². The predicted octanol–water partition coefficient (Wildman–Crippen LogP) is 3.02. The van der Waals surface area contributed by atoms with Crippen LogP contribution < -0.4 is 11.3 Å². The Kier molecular flexibility index (Phi) is 4.42. The van der Waals surface area contributed by atoms with E-state index in [2.05, 4.69) is 48.1 Å². The molecule has 0 spiro atoms. The fourth-order valence-corrected chi connectivity index (χ4v) is 4.25. The average molecular weight is 304 g/mol. The molecule has 0 aromatic carbocycles. The van der Waals surface area contributed by atoms with Crippen LogP contribution in [0.5, 0.6) is 0 Å². The molecule has 1 aliphatic carbocycles. The average Bonchev–Trinajstić information content (AvgIpc) is 3.13. The van der Waals surface area contributed by atoms with Crippen molar-refractivity contribution < 1.29 is 0 Å². The highest BCUT2D eigenvalue weighted by atomic mass is 32.1. The predicted molar refractivity (Wildman–Crippen MR) is 87.4 cm³/mol. The fraction of sp³-hybridized carbons (Fsp3) is 0.562. The summed E-state index contributed by atoms with van der Waals surface area (Å²) in [6, 6.07) is 5.05. The molecule has 2 unspecified atom stereocenters. The topological polar surface area (TPSA) is 55.9 Å². The molecule has 0 bridgehead atoms. The van der Waals surface area contributed by atoms with Gasteiger partial charge in [0.15, 0.2) is 0 Å². The minimum absolute atomic E-state index is 0.258. The zero-order chi connectivity index (χ0) is 14.8. The van der Waals surface area contributed by atoms with Crippen LogP contribution in [0.3, 0.4) is 0 Å². The highest BCUT2D eigenvalue weighted by Crippen LogP contribution is 2.37. The first kappa shape index (κ1) is 14.8. The SMILES string of the molecule is CC(C)n1ccc(CC(NN)C2CCCc3sccc32)n1. The van der Waals surface area contributed by atoms with Crippen LogP contribution >= 0.6 is 11.3 Å². The summed E-state index contributed by atoms with van der Waals surface area (Å²) in [6.07, 6.45) is 6.64. The molecule has 0 fully saturated rings. The van der Waals surface area contributed by atoms with Crippen LogP contribution in [-0.2, 0) is 12.8 Å². The Bertz CT molecular complexity index is 587. The van der Waals surface area contributed by atoms with E-state index in [0.717, 1.165) is 12.1 Å². The van der Waals surface area contributed by atoms with E-state index in [1.807, 2.05) is 16.0 Å². The maximum Gasteiger partial charge on any atom is 0.0641 e. The number of hydrogen-bond acceptors (Lipinski definition) is 4. The summed E-state index contributed by atoms with van der Waals surface area (Å²) in [5, 5.41) is 6.87. The van der Waals surface area contributed by atoms with Crippen molar-refractivity contribution in [2.45, 2.75) is 57.5 Å². The third-order valence-corrected chi connectivity index (χ3v) is 5.42. The molecule has 3 rings (SSSR count). The van der Waals surface area contributed by atoms with Crippen LogP contribution in [0.25, 0.3) is 0 Å². The third-order valence-electron chi connectivity index (χ3n) is 4.42. The summed E-state index contributed by atoms with van der Waals surface area (Å²) in [5.41, 5.74) is 5.66. The van der Waals surface area contributed by atoms with E-state index in [9.17, 15) is 0 Å². The normalized spacial score (nSPS) is 19.7. The Hall–Kier alpha value is -1.17. The molecule has 0 amide bonds. The number of fused-ring (bicyclic) bond motifs is 1. The first-order chi connectivity index (χ1) is 10.2. The Morgan fingerprint density at radius 3 is 3.05 bits per heavy atom. The lowest BCUT2D eigenvalue weighted by molar-refractivity contribution is 0.392. The Balaban J connectivity index is 1.77. The fourth-order valence-electron chi connectivity index (χ4n) is 3.26. The molecule has 0 saturated heterocycles. The van der Waals surface area contributed by atoms with Crippen molar-refractivity contribution in [3.63, 3.8) is 0 Å². The van der Waals surface area contributed by atoms with E-state index >= 15 is 0 Å². The van der Waals surface area contributed by atoms with Crippen molar-refractivity contribution >= 4 is 11.3 Å². The number of rotatable bonds is 5. The molecular weight excluding hydrogens is 280 g/mol. The molecule has 5 heteroatoms. The molecule has 1 aliphatic rings. The lowest BCUT2D eigenvalue weighted by atomic mass is 9.81. The van der Waals surface area contributed by atoms with Crippen molar-refractivity contribution in [3.8, 4) is 0 Å². The lowest BCUT2D eigenvalue weighted by Crippen LogP contribution is -2.42. The van der Waals surface area contributed by atoms with Crippen molar-refractivity contribution in [1.29, 1.82) is 0 Å². The summed E-state index contributed by atoms with van der Waals surface area (Å²) < 4.78 is 2.01. The molecular formula is C16H24N4S. The number of aryl methyl sites for hydroxylation is 1. The molecule has 0 radical (unpaired) electrons. The van der Waals surface area contributed by atoms with Gasteiger partial charge in [-0.1, -0.05) is 0 Å². The maximum atomic E-state index is 5.86.